The fourth-order valence-electron chi connectivity index (χ4n) is 3.89. The Kier molecular flexibility index (Phi) is 6.37. The van der Waals surface area contributed by atoms with Crippen molar-refractivity contribution in [2.24, 2.45) is 0 Å². The minimum Gasteiger partial charge on any atom is -0.355 e. The Balaban J connectivity index is 1.40. The van der Waals surface area contributed by atoms with E-state index in [4.69, 9.17) is 16.1 Å². The maximum atomic E-state index is 12.8. The van der Waals surface area contributed by atoms with Crippen LogP contribution < -0.4 is 5.32 Å². The zero-order valence-electron chi connectivity index (χ0n) is 17.3. The van der Waals surface area contributed by atoms with Crippen LogP contribution in [-0.4, -0.2) is 35.0 Å². The summed E-state index contributed by atoms with van der Waals surface area (Å²) < 4.78 is 5.28. The van der Waals surface area contributed by atoms with E-state index in [0.717, 1.165) is 18.4 Å². The number of benzene rings is 2. The van der Waals surface area contributed by atoms with Crippen LogP contribution in [0.2, 0.25) is 5.02 Å². The number of anilines is 1. The summed E-state index contributed by atoms with van der Waals surface area (Å²) in [7, 11) is 1.87. The largest absolute Gasteiger partial charge is 0.355 e. The van der Waals surface area contributed by atoms with E-state index in [9.17, 15) is 9.59 Å². The highest BCUT2D eigenvalue weighted by atomic mass is 35.5. The lowest BCUT2D eigenvalue weighted by atomic mass is 9.94. The summed E-state index contributed by atoms with van der Waals surface area (Å²) in [6.45, 7) is 0. The van der Waals surface area contributed by atoms with Gasteiger partial charge in [0.25, 0.3) is 11.8 Å². The fraction of sp³-hybridized carbons (Fsp3) is 0.292. The number of hydrogen-bond donors (Lipinski definition) is 1. The molecular weight excluding hydrogens is 414 g/mol. The third-order valence-electron chi connectivity index (χ3n) is 5.68. The van der Waals surface area contributed by atoms with E-state index in [1.165, 1.54) is 19.3 Å². The van der Waals surface area contributed by atoms with Gasteiger partial charge in [-0.1, -0.05) is 48.2 Å². The summed E-state index contributed by atoms with van der Waals surface area (Å²) in [6, 6.07) is 15.9. The van der Waals surface area contributed by atoms with Crippen molar-refractivity contribution >= 4 is 29.1 Å². The summed E-state index contributed by atoms with van der Waals surface area (Å²) >= 11 is 6.00. The number of nitrogens with one attached hydrogen (secondary N) is 1. The standard InChI is InChI=1S/C24H24ClN3O3/c1-28(20-8-3-2-4-9-20)24(30)16-10-12-19(13-11-16)26-23(29)21-15-22(31-27-21)17-6-5-7-18(25)14-17/h5-7,10-15,20H,2-4,8-9H2,1H3,(H,26,29). The molecule has 1 aromatic heterocycles. The predicted octanol–water partition coefficient (Wildman–Crippen LogP) is 5.65. The van der Waals surface area contributed by atoms with E-state index < -0.39 is 5.91 Å². The summed E-state index contributed by atoms with van der Waals surface area (Å²) in [5, 5.41) is 7.20. The molecule has 0 radical (unpaired) electrons. The Morgan fingerprint density at radius 2 is 1.81 bits per heavy atom. The van der Waals surface area contributed by atoms with Gasteiger partial charge in [-0.3, -0.25) is 9.59 Å². The third-order valence-corrected chi connectivity index (χ3v) is 5.92. The third kappa shape index (κ3) is 4.97. The lowest BCUT2D eigenvalue weighted by Gasteiger charge is -2.31. The average Bonchev–Trinajstić information content (AvgIpc) is 3.30. The fourth-order valence-corrected chi connectivity index (χ4v) is 4.08. The molecule has 160 valence electrons. The lowest BCUT2D eigenvalue weighted by Crippen LogP contribution is -2.38. The van der Waals surface area contributed by atoms with Gasteiger partial charge in [0.1, 0.15) is 0 Å². The number of halogens is 1. The van der Waals surface area contributed by atoms with Crippen LogP contribution in [0, 0.1) is 0 Å². The second kappa shape index (κ2) is 9.35. The van der Waals surface area contributed by atoms with Crippen LogP contribution in [0.15, 0.2) is 59.1 Å². The molecule has 0 spiro atoms. The van der Waals surface area contributed by atoms with E-state index in [1.807, 2.05) is 18.0 Å². The molecule has 1 fully saturated rings. The summed E-state index contributed by atoms with van der Waals surface area (Å²) in [6.07, 6.45) is 5.72. The van der Waals surface area contributed by atoms with Crippen molar-refractivity contribution in [3.63, 3.8) is 0 Å². The van der Waals surface area contributed by atoms with E-state index in [-0.39, 0.29) is 11.6 Å². The van der Waals surface area contributed by atoms with Gasteiger partial charge in [0.15, 0.2) is 11.5 Å². The number of rotatable bonds is 5. The van der Waals surface area contributed by atoms with Crippen molar-refractivity contribution in [3.8, 4) is 11.3 Å². The molecule has 0 unspecified atom stereocenters. The molecule has 0 aliphatic heterocycles. The summed E-state index contributed by atoms with van der Waals surface area (Å²) in [5.41, 5.74) is 2.08. The molecule has 1 aliphatic rings. The van der Waals surface area contributed by atoms with Crippen LogP contribution in [0.3, 0.4) is 0 Å². The molecule has 31 heavy (non-hydrogen) atoms. The second-order valence-electron chi connectivity index (χ2n) is 7.83. The van der Waals surface area contributed by atoms with E-state index in [2.05, 4.69) is 10.5 Å². The van der Waals surface area contributed by atoms with E-state index in [0.29, 0.717) is 28.1 Å². The molecule has 3 aromatic rings. The second-order valence-corrected chi connectivity index (χ2v) is 8.26. The van der Waals surface area contributed by atoms with Crippen molar-refractivity contribution < 1.29 is 14.1 Å². The topological polar surface area (TPSA) is 75.4 Å². The molecule has 0 bridgehead atoms. The van der Waals surface area contributed by atoms with Crippen LogP contribution >= 0.6 is 11.6 Å². The van der Waals surface area contributed by atoms with Crippen molar-refractivity contribution in [1.29, 1.82) is 0 Å². The van der Waals surface area contributed by atoms with Crippen LogP contribution in [-0.2, 0) is 0 Å². The van der Waals surface area contributed by atoms with Gasteiger partial charge < -0.3 is 14.7 Å². The van der Waals surface area contributed by atoms with E-state index in [1.54, 1.807) is 48.5 Å². The van der Waals surface area contributed by atoms with Crippen molar-refractivity contribution in [2.75, 3.05) is 12.4 Å². The Morgan fingerprint density at radius 1 is 1.06 bits per heavy atom. The van der Waals surface area contributed by atoms with Crippen LogP contribution in [0.1, 0.15) is 53.0 Å². The molecule has 0 saturated heterocycles. The van der Waals surface area contributed by atoms with Crippen LogP contribution in [0.25, 0.3) is 11.3 Å². The maximum absolute atomic E-state index is 12.8. The van der Waals surface area contributed by atoms with Gasteiger partial charge >= 0.3 is 0 Å². The van der Waals surface area contributed by atoms with Gasteiger partial charge in [0, 0.05) is 41.0 Å². The summed E-state index contributed by atoms with van der Waals surface area (Å²) in [5.74, 6) is 0.0715. The number of hydrogen-bond acceptors (Lipinski definition) is 4. The summed E-state index contributed by atoms with van der Waals surface area (Å²) in [4.78, 5) is 27.1. The van der Waals surface area contributed by atoms with Gasteiger partial charge in [-0.25, -0.2) is 0 Å². The Bertz CT molecular complexity index is 1070. The highest BCUT2D eigenvalue weighted by molar-refractivity contribution is 6.30. The van der Waals surface area contributed by atoms with Gasteiger partial charge in [-0.05, 0) is 49.2 Å². The molecule has 1 N–H and O–H groups in total. The number of aromatic nitrogens is 1. The molecule has 1 aliphatic carbocycles. The molecule has 2 aromatic carbocycles. The Labute approximate surface area is 186 Å². The van der Waals surface area contributed by atoms with Crippen molar-refractivity contribution in [2.45, 2.75) is 38.1 Å². The van der Waals surface area contributed by atoms with E-state index >= 15 is 0 Å². The first-order valence-electron chi connectivity index (χ1n) is 10.4. The Morgan fingerprint density at radius 3 is 2.52 bits per heavy atom. The van der Waals surface area contributed by atoms with Gasteiger partial charge in [0.2, 0.25) is 0 Å². The molecule has 0 atom stereocenters. The first-order valence-corrected chi connectivity index (χ1v) is 10.8. The molecule has 1 heterocycles. The molecule has 1 saturated carbocycles. The molecule has 2 amide bonds. The molecule has 6 nitrogen and oxygen atoms in total. The number of amides is 2. The number of carbonyl (C=O) groups excluding carboxylic acids is 2. The monoisotopic (exact) mass is 437 g/mol. The quantitative estimate of drug-likeness (QED) is 0.559. The van der Waals surface area contributed by atoms with Gasteiger partial charge in [0.05, 0.1) is 0 Å². The average molecular weight is 438 g/mol. The molecular formula is C24H24ClN3O3. The number of carbonyl (C=O) groups is 2. The first kappa shape index (κ1) is 21.1. The van der Waals surface area contributed by atoms with Crippen LogP contribution in [0.5, 0.6) is 0 Å². The Hall–Kier alpha value is -3.12. The van der Waals surface area contributed by atoms with Gasteiger partial charge in [-0.2, -0.15) is 0 Å². The number of nitrogens with zero attached hydrogens (tertiary/aromatic N) is 2. The van der Waals surface area contributed by atoms with Gasteiger partial charge in [-0.15, -0.1) is 0 Å². The molecule has 7 heteroatoms. The zero-order chi connectivity index (χ0) is 21.8. The lowest BCUT2D eigenvalue weighted by molar-refractivity contribution is 0.0696. The predicted molar refractivity (Wildman–Crippen MR) is 120 cm³/mol. The molecule has 4 rings (SSSR count). The maximum Gasteiger partial charge on any atom is 0.277 e. The van der Waals surface area contributed by atoms with Crippen molar-refractivity contribution in [1.82, 2.24) is 10.1 Å². The first-order chi connectivity index (χ1) is 15.0. The van der Waals surface area contributed by atoms with Crippen LogP contribution in [0.4, 0.5) is 5.69 Å². The minimum absolute atomic E-state index is 0.00689. The van der Waals surface area contributed by atoms with Crippen molar-refractivity contribution in [3.05, 3.63) is 70.9 Å². The highest BCUT2D eigenvalue weighted by Crippen LogP contribution is 2.25. The highest BCUT2D eigenvalue weighted by Gasteiger charge is 2.23. The zero-order valence-corrected chi connectivity index (χ0v) is 18.1. The minimum atomic E-state index is -0.393. The smallest absolute Gasteiger partial charge is 0.277 e. The SMILES string of the molecule is CN(C(=O)c1ccc(NC(=O)c2cc(-c3cccc(Cl)c3)on2)cc1)C1CCCCC1. The normalized spacial score (nSPS) is 14.3.